The largest absolute Gasteiger partial charge is 0.478 e. The molecule has 21 heavy (non-hydrogen) atoms. The van der Waals surface area contributed by atoms with Crippen molar-refractivity contribution in [3.63, 3.8) is 0 Å². The molecule has 0 aliphatic heterocycles. The van der Waals surface area contributed by atoms with Crippen LogP contribution in [-0.2, 0) is 4.79 Å². The van der Waals surface area contributed by atoms with E-state index in [1.165, 1.54) is 50.6 Å². The highest BCUT2D eigenvalue weighted by Gasteiger charge is 2.06. The fraction of sp³-hybridized carbons (Fsp3) is 0.562. The number of unbranched alkanes of at least 4 members (excludes halogenated alkanes) is 6. The lowest BCUT2D eigenvalue weighted by molar-refractivity contribution is -0.116. The topological polar surface area (TPSA) is 79.3 Å². The SMILES string of the molecule is CCCCCCCCCC(=O)Nc1cncc(C(=O)O)c1. The van der Waals surface area contributed by atoms with Crippen LogP contribution in [0.15, 0.2) is 18.5 Å². The number of anilines is 1. The van der Waals surface area contributed by atoms with Gasteiger partial charge in [0, 0.05) is 12.6 Å². The summed E-state index contributed by atoms with van der Waals surface area (Å²) in [6.45, 7) is 2.19. The Morgan fingerprint density at radius 3 is 2.43 bits per heavy atom. The highest BCUT2D eigenvalue weighted by Crippen LogP contribution is 2.11. The van der Waals surface area contributed by atoms with Gasteiger partial charge in [0.25, 0.3) is 0 Å². The van der Waals surface area contributed by atoms with Crippen molar-refractivity contribution in [3.8, 4) is 0 Å². The first-order chi connectivity index (χ1) is 10.1. The molecule has 0 saturated carbocycles. The lowest BCUT2D eigenvalue weighted by atomic mass is 10.1. The predicted octanol–water partition coefficient (Wildman–Crippen LogP) is 3.86. The summed E-state index contributed by atoms with van der Waals surface area (Å²) in [5, 5.41) is 11.5. The third kappa shape index (κ3) is 7.44. The molecule has 116 valence electrons. The summed E-state index contributed by atoms with van der Waals surface area (Å²) >= 11 is 0. The molecule has 0 atom stereocenters. The third-order valence-electron chi connectivity index (χ3n) is 3.28. The quantitative estimate of drug-likeness (QED) is 0.642. The van der Waals surface area contributed by atoms with Crippen LogP contribution in [0, 0.1) is 0 Å². The minimum absolute atomic E-state index is 0.0729. The molecule has 2 N–H and O–H groups in total. The minimum Gasteiger partial charge on any atom is -0.478 e. The zero-order valence-corrected chi connectivity index (χ0v) is 12.6. The maximum atomic E-state index is 11.7. The average molecular weight is 292 g/mol. The molecule has 1 heterocycles. The lowest BCUT2D eigenvalue weighted by Gasteiger charge is -2.05. The second-order valence-corrected chi connectivity index (χ2v) is 5.19. The molecular formula is C16H24N2O3. The van der Waals surface area contributed by atoms with Crippen LogP contribution < -0.4 is 5.32 Å². The number of amides is 1. The number of hydrogen-bond donors (Lipinski definition) is 2. The molecule has 0 fully saturated rings. The summed E-state index contributed by atoms with van der Waals surface area (Å²) in [5.41, 5.74) is 0.506. The van der Waals surface area contributed by atoms with Gasteiger partial charge in [0.15, 0.2) is 0 Å². The van der Waals surface area contributed by atoms with Crippen LogP contribution in [0.1, 0.15) is 68.6 Å². The van der Waals surface area contributed by atoms with E-state index >= 15 is 0 Å². The monoisotopic (exact) mass is 292 g/mol. The highest BCUT2D eigenvalue weighted by molar-refractivity contribution is 5.93. The van der Waals surface area contributed by atoms with Crippen LogP contribution >= 0.6 is 0 Å². The van der Waals surface area contributed by atoms with E-state index in [1.54, 1.807) is 0 Å². The van der Waals surface area contributed by atoms with Gasteiger partial charge in [-0.3, -0.25) is 9.78 Å². The van der Waals surface area contributed by atoms with E-state index in [1.807, 2.05) is 0 Å². The molecule has 0 aliphatic rings. The lowest BCUT2D eigenvalue weighted by Crippen LogP contribution is -2.12. The number of aromatic nitrogens is 1. The molecule has 5 nitrogen and oxygen atoms in total. The molecule has 1 aromatic rings. The number of hydrogen-bond acceptors (Lipinski definition) is 3. The number of carbonyl (C=O) groups is 2. The fourth-order valence-corrected chi connectivity index (χ4v) is 2.09. The van der Waals surface area contributed by atoms with E-state index in [0.717, 1.165) is 12.8 Å². The van der Waals surface area contributed by atoms with E-state index in [9.17, 15) is 9.59 Å². The molecule has 0 spiro atoms. The van der Waals surface area contributed by atoms with Gasteiger partial charge in [-0.1, -0.05) is 45.4 Å². The van der Waals surface area contributed by atoms with Crippen LogP contribution in [-0.4, -0.2) is 22.0 Å². The summed E-state index contributed by atoms with van der Waals surface area (Å²) in [4.78, 5) is 26.3. The van der Waals surface area contributed by atoms with Crippen molar-refractivity contribution in [2.75, 3.05) is 5.32 Å². The molecule has 0 bridgehead atoms. The van der Waals surface area contributed by atoms with Crippen molar-refractivity contribution in [1.29, 1.82) is 0 Å². The Balaban J connectivity index is 2.21. The standard InChI is InChI=1S/C16H24N2O3/c1-2-3-4-5-6-7-8-9-15(19)18-14-10-13(16(20)21)11-17-12-14/h10-12H,2-9H2,1H3,(H,18,19)(H,20,21). The van der Waals surface area contributed by atoms with E-state index in [2.05, 4.69) is 17.2 Å². The molecule has 1 aromatic heterocycles. The van der Waals surface area contributed by atoms with Crippen molar-refractivity contribution in [2.45, 2.75) is 58.3 Å². The van der Waals surface area contributed by atoms with E-state index in [-0.39, 0.29) is 11.5 Å². The summed E-state index contributed by atoms with van der Waals surface area (Å²) in [7, 11) is 0. The molecule has 0 unspecified atom stereocenters. The van der Waals surface area contributed by atoms with Crippen LogP contribution in [0.4, 0.5) is 5.69 Å². The van der Waals surface area contributed by atoms with Crippen LogP contribution in [0.3, 0.4) is 0 Å². The molecule has 1 amide bonds. The summed E-state index contributed by atoms with van der Waals surface area (Å²) < 4.78 is 0. The number of carboxylic acid groups (broad SMARTS) is 1. The Morgan fingerprint density at radius 2 is 1.76 bits per heavy atom. The Bertz CT molecular complexity index is 461. The molecule has 0 saturated heterocycles. The fourth-order valence-electron chi connectivity index (χ4n) is 2.09. The van der Waals surface area contributed by atoms with Crippen molar-refractivity contribution >= 4 is 17.6 Å². The van der Waals surface area contributed by atoms with Gasteiger partial charge in [-0.05, 0) is 12.5 Å². The first-order valence-corrected chi connectivity index (χ1v) is 7.61. The van der Waals surface area contributed by atoms with Crippen LogP contribution in [0.2, 0.25) is 0 Å². The van der Waals surface area contributed by atoms with Gasteiger partial charge in [-0.15, -0.1) is 0 Å². The number of nitrogens with one attached hydrogen (secondary N) is 1. The van der Waals surface area contributed by atoms with E-state index in [4.69, 9.17) is 5.11 Å². The number of aromatic carboxylic acids is 1. The van der Waals surface area contributed by atoms with Gasteiger partial charge < -0.3 is 10.4 Å². The maximum absolute atomic E-state index is 11.7. The zero-order valence-electron chi connectivity index (χ0n) is 12.6. The number of rotatable bonds is 10. The maximum Gasteiger partial charge on any atom is 0.337 e. The van der Waals surface area contributed by atoms with Gasteiger partial charge in [-0.25, -0.2) is 4.79 Å². The number of carboxylic acids is 1. The smallest absolute Gasteiger partial charge is 0.337 e. The first kappa shape index (κ1) is 17.1. The Hall–Kier alpha value is -1.91. The Labute approximate surface area is 125 Å². The van der Waals surface area contributed by atoms with Crippen molar-refractivity contribution in [1.82, 2.24) is 4.98 Å². The zero-order chi connectivity index (χ0) is 15.5. The van der Waals surface area contributed by atoms with Gasteiger partial charge in [-0.2, -0.15) is 0 Å². The van der Waals surface area contributed by atoms with E-state index < -0.39 is 5.97 Å². The molecule has 5 heteroatoms. The van der Waals surface area contributed by atoms with Gasteiger partial charge in [0.05, 0.1) is 17.4 Å². The number of pyridine rings is 1. The second kappa shape index (κ2) is 9.91. The Morgan fingerprint density at radius 1 is 1.10 bits per heavy atom. The first-order valence-electron chi connectivity index (χ1n) is 7.61. The second-order valence-electron chi connectivity index (χ2n) is 5.19. The molecule has 1 rings (SSSR count). The predicted molar refractivity (Wildman–Crippen MR) is 82.4 cm³/mol. The summed E-state index contributed by atoms with van der Waals surface area (Å²) in [6.07, 6.45) is 11.3. The van der Waals surface area contributed by atoms with Crippen LogP contribution in [0.25, 0.3) is 0 Å². The third-order valence-corrected chi connectivity index (χ3v) is 3.28. The summed E-state index contributed by atoms with van der Waals surface area (Å²) in [5.74, 6) is -1.14. The van der Waals surface area contributed by atoms with Gasteiger partial charge >= 0.3 is 5.97 Å². The van der Waals surface area contributed by atoms with E-state index in [0.29, 0.717) is 12.1 Å². The Kier molecular flexibility index (Phi) is 8.09. The van der Waals surface area contributed by atoms with Gasteiger partial charge in [0.2, 0.25) is 5.91 Å². The normalized spacial score (nSPS) is 10.3. The van der Waals surface area contributed by atoms with Crippen LogP contribution in [0.5, 0.6) is 0 Å². The number of nitrogens with zero attached hydrogens (tertiary/aromatic N) is 1. The summed E-state index contributed by atoms with van der Waals surface area (Å²) in [6, 6.07) is 1.41. The molecule has 0 aliphatic carbocycles. The highest BCUT2D eigenvalue weighted by atomic mass is 16.4. The molecule has 0 radical (unpaired) electrons. The number of carbonyl (C=O) groups excluding carboxylic acids is 1. The van der Waals surface area contributed by atoms with Crippen molar-refractivity contribution in [3.05, 3.63) is 24.0 Å². The van der Waals surface area contributed by atoms with Gasteiger partial charge in [0.1, 0.15) is 0 Å². The molecular weight excluding hydrogens is 268 g/mol. The van der Waals surface area contributed by atoms with Crippen molar-refractivity contribution in [2.24, 2.45) is 0 Å². The average Bonchev–Trinajstić information content (AvgIpc) is 2.46. The minimum atomic E-state index is -1.05. The molecule has 0 aromatic carbocycles. The van der Waals surface area contributed by atoms with Crippen molar-refractivity contribution < 1.29 is 14.7 Å².